The van der Waals surface area contributed by atoms with Crippen LogP contribution in [0.25, 0.3) is 5.69 Å². The van der Waals surface area contributed by atoms with Crippen LogP contribution in [0.4, 0.5) is 0 Å². The van der Waals surface area contributed by atoms with E-state index in [-0.39, 0.29) is 44.3 Å². The summed E-state index contributed by atoms with van der Waals surface area (Å²) in [6.45, 7) is 2.68. The van der Waals surface area contributed by atoms with Crippen molar-refractivity contribution in [2.24, 2.45) is 7.05 Å². The molecule has 1 aromatic carbocycles. The van der Waals surface area contributed by atoms with Gasteiger partial charge in [-0.3, -0.25) is 14.3 Å². The van der Waals surface area contributed by atoms with Crippen molar-refractivity contribution >= 4 is 5.91 Å². The van der Waals surface area contributed by atoms with Gasteiger partial charge in [-0.2, -0.15) is 0 Å². The topological polar surface area (TPSA) is 133 Å². The predicted molar refractivity (Wildman–Crippen MR) is 130 cm³/mol. The second-order valence-corrected chi connectivity index (χ2v) is 8.32. The number of H-pyrrole nitrogens is 1. The van der Waals surface area contributed by atoms with Gasteiger partial charge in [0.15, 0.2) is 5.76 Å². The molecular formula is C25H31N5O6. The first-order valence-electron chi connectivity index (χ1n) is 11.8. The van der Waals surface area contributed by atoms with Crippen LogP contribution in [0.15, 0.2) is 59.4 Å². The van der Waals surface area contributed by atoms with E-state index in [0.29, 0.717) is 17.8 Å². The number of benzene rings is 1. The largest absolute Gasteiger partial charge is 0.459 e. The van der Waals surface area contributed by atoms with Gasteiger partial charge in [-0.05, 0) is 25.1 Å². The molecule has 36 heavy (non-hydrogen) atoms. The Morgan fingerprint density at radius 3 is 2.81 bits per heavy atom. The van der Waals surface area contributed by atoms with Crippen molar-refractivity contribution in [3.05, 3.63) is 82.0 Å². The number of hydrogen-bond acceptors (Lipinski definition) is 7. The van der Waals surface area contributed by atoms with E-state index in [0.717, 1.165) is 11.4 Å². The lowest BCUT2D eigenvalue weighted by Gasteiger charge is -2.28. The van der Waals surface area contributed by atoms with Crippen LogP contribution in [-0.4, -0.2) is 63.1 Å². The molecule has 3 heterocycles. The van der Waals surface area contributed by atoms with E-state index < -0.39 is 18.1 Å². The SMILES string of the molecule is Cc1c([C@@H]2C=C(C(=O)NCc3ncc[nH]3)O[C@H](OCCOCCO)C2)c(=O)n(-c2ccccc2)n1C. The van der Waals surface area contributed by atoms with Crippen molar-refractivity contribution < 1.29 is 24.1 Å². The van der Waals surface area contributed by atoms with Gasteiger partial charge in [0.1, 0.15) is 5.82 Å². The molecule has 0 aliphatic carbocycles. The number of aliphatic hydroxyl groups is 1. The Morgan fingerprint density at radius 1 is 1.28 bits per heavy atom. The molecule has 0 unspecified atom stereocenters. The van der Waals surface area contributed by atoms with E-state index in [9.17, 15) is 9.59 Å². The monoisotopic (exact) mass is 497 g/mol. The smallest absolute Gasteiger partial charge is 0.286 e. The summed E-state index contributed by atoms with van der Waals surface area (Å²) < 4.78 is 20.4. The van der Waals surface area contributed by atoms with Gasteiger partial charge in [-0.1, -0.05) is 18.2 Å². The maximum absolute atomic E-state index is 13.6. The average Bonchev–Trinajstić information content (AvgIpc) is 3.49. The molecule has 0 spiro atoms. The molecule has 1 aliphatic rings. The van der Waals surface area contributed by atoms with Crippen molar-refractivity contribution in [1.82, 2.24) is 24.6 Å². The van der Waals surface area contributed by atoms with Gasteiger partial charge in [0.2, 0.25) is 6.29 Å². The predicted octanol–water partition coefficient (Wildman–Crippen LogP) is 1.26. The van der Waals surface area contributed by atoms with Crippen LogP contribution in [0, 0.1) is 6.92 Å². The van der Waals surface area contributed by atoms with E-state index in [1.165, 1.54) is 0 Å². The summed E-state index contributed by atoms with van der Waals surface area (Å²) in [5.74, 6) is -0.156. The van der Waals surface area contributed by atoms with Crippen LogP contribution in [0.1, 0.15) is 29.4 Å². The second kappa shape index (κ2) is 11.8. The summed E-state index contributed by atoms with van der Waals surface area (Å²) in [7, 11) is 1.83. The molecule has 3 aromatic rings. The molecule has 0 fully saturated rings. The van der Waals surface area contributed by atoms with Crippen molar-refractivity contribution in [2.75, 3.05) is 26.4 Å². The van der Waals surface area contributed by atoms with Crippen LogP contribution >= 0.6 is 0 Å². The normalized spacial score (nSPS) is 17.5. The number of aromatic amines is 1. The quantitative estimate of drug-likeness (QED) is 0.340. The Morgan fingerprint density at radius 2 is 2.08 bits per heavy atom. The zero-order chi connectivity index (χ0) is 25.5. The molecule has 192 valence electrons. The molecular weight excluding hydrogens is 466 g/mol. The maximum Gasteiger partial charge on any atom is 0.286 e. The van der Waals surface area contributed by atoms with Crippen LogP contribution in [0.3, 0.4) is 0 Å². The highest BCUT2D eigenvalue weighted by Gasteiger charge is 2.33. The first-order valence-corrected chi connectivity index (χ1v) is 11.8. The molecule has 0 radical (unpaired) electrons. The first kappa shape index (κ1) is 25.4. The number of hydrogen-bond donors (Lipinski definition) is 3. The standard InChI is InChI=1S/C25H31N5O6/c1-17-23(25(33)30(29(17)2)19-6-4-3-5-7-19)18-14-20(24(32)28-16-21-26-8-9-27-21)36-22(15-18)35-13-12-34-11-10-31/h3-9,14,18,22,31H,10-13,15-16H2,1-2H3,(H,26,27)(H,28,32)/t18-,22+/m1/s1. The highest BCUT2D eigenvalue weighted by molar-refractivity contribution is 5.91. The van der Waals surface area contributed by atoms with Crippen LogP contribution in [-0.2, 0) is 32.6 Å². The number of rotatable bonds is 11. The molecule has 1 amide bonds. The number of ether oxygens (including phenoxy) is 3. The van der Waals surface area contributed by atoms with Crippen LogP contribution < -0.4 is 10.9 Å². The van der Waals surface area contributed by atoms with Gasteiger partial charge in [0, 0.05) is 43.0 Å². The highest BCUT2D eigenvalue weighted by atomic mass is 16.7. The Bertz CT molecular complexity index is 1230. The third-order valence-electron chi connectivity index (χ3n) is 5.99. The van der Waals surface area contributed by atoms with Crippen molar-refractivity contribution in [1.29, 1.82) is 0 Å². The molecule has 4 rings (SSSR count). The lowest BCUT2D eigenvalue weighted by atomic mass is 9.93. The lowest BCUT2D eigenvalue weighted by molar-refractivity contribution is -0.151. The van der Waals surface area contributed by atoms with Gasteiger partial charge >= 0.3 is 0 Å². The Kier molecular flexibility index (Phi) is 8.36. The Balaban J connectivity index is 1.60. The minimum absolute atomic E-state index is 0.0768. The van der Waals surface area contributed by atoms with Gasteiger partial charge < -0.3 is 29.6 Å². The number of allylic oxidation sites excluding steroid dienone is 1. The lowest BCUT2D eigenvalue weighted by Crippen LogP contribution is -2.34. The minimum Gasteiger partial charge on any atom is -0.459 e. The molecule has 1 aliphatic heterocycles. The summed E-state index contributed by atoms with van der Waals surface area (Å²) in [5, 5.41) is 11.6. The summed E-state index contributed by atoms with van der Waals surface area (Å²) in [5.41, 5.74) is 1.95. The number of imidazole rings is 1. The van der Waals surface area contributed by atoms with E-state index in [4.69, 9.17) is 19.3 Å². The van der Waals surface area contributed by atoms with Gasteiger partial charge in [-0.25, -0.2) is 9.67 Å². The van der Waals surface area contributed by atoms with E-state index in [2.05, 4.69) is 15.3 Å². The second-order valence-electron chi connectivity index (χ2n) is 8.32. The summed E-state index contributed by atoms with van der Waals surface area (Å²) >= 11 is 0. The fraction of sp³-hybridized carbons (Fsp3) is 0.400. The molecule has 3 N–H and O–H groups in total. The Hall–Kier alpha value is -3.67. The minimum atomic E-state index is -0.758. The van der Waals surface area contributed by atoms with Gasteiger partial charge in [0.25, 0.3) is 11.5 Å². The third-order valence-corrected chi connectivity index (χ3v) is 5.99. The fourth-order valence-corrected chi connectivity index (χ4v) is 4.19. The van der Waals surface area contributed by atoms with Crippen LogP contribution in [0.5, 0.6) is 0 Å². The first-order chi connectivity index (χ1) is 17.5. The van der Waals surface area contributed by atoms with Crippen molar-refractivity contribution in [3.63, 3.8) is 0 Å². The number of nitrogens with one attached hydrogen (secondary N) is 2. The molecule has 2 aromatic heterocycles. The fourth-order valence-electron chi connectivity index (χ4n) is 4.19. The van der Waals surface area contributed by atoms with E-state index in [1.807, 2.05) is 49.0 Å². The number of aromatic nitrogens is 4. The van der Waals surface area contributed by atoms with E-state index in [1.54, 1.807) is 23.2 Å². The molecule has 0 saturated carbocycles. The maximum atomic E-state index is 13.6. The van der Waals surface area contributed by atoms with Crippen LogP contribution in [0.2, 0.25) is 0 Å². The number of para-hydroxylation sites is 1. The zero-order valence-corrected chi connectivity index (χ0v) is 20.3. The van der Waals surface area contributed by atoms with Gasteiger partial charge in [0.05, 0.1) is 38.7 Å². The summed E-state index contributed by atoms with van der Waals surface area (Å²) in [6.07, 6.45) is 4.55. The number of carbonyl (C=O) groups is 1. The number of nitrogens with zero attached hydrogens (tertiary/aromatic N) is 3. The van der Waals surface area contributed by atoms with Crippen molar-refractivity contribution in [2.45, 2.75) is 32.1 Å². The molecule has 0 saturated heterocycles. The third kappa shape index (κ3) is 5.76. The molecule has 11 nitrogen and oxygen atoms in total. The number of amides is 1. The van der Waals surface area contributed by atoms with E-state index >= 15 is 0 Å². The number of aliphatic hydroxyl groups excluding tert-OH is 1. The highest BCUT2D eigenvalue weighted by Crippen LogP contribution is 2.32. The zero-order valence-electron chi connectivity index (χ0n) is 20.3. The average molecular weight is 498 g/mol. The summed E-state index contributed by atoms with van der Waals surface area (Å²) in [6, 6.07) is 9.39. The van der Waals surface area contributed by atoms with Gasteiger partial charge in [-0.15, -0.1) is 0 Å². The molecule has 2 atom stereocenters. The Labute approximate surface area is 208 Å². The summed E-state index contributed by atoms with van der Waals surface area (Å²) in [4.78, 5) is 33.6. The molecule has 11 heteroatoms. The molecule has 0 bridgehead atoms. The number of carbonyl (C=O) groups excluding carboxylic acids is 1. The van der Waals surface area contributed by atoms with Crippen molar-refractivity contribution in [3.8, 4) is 5.69 Å².